The normalized spacial score (nSPS) is 13.6. The van der Waals surface area contributed by atoms with Gasteiger partial charge in [0, 0.05) is 74.0 Å². The van der Waals surface area contributed by atoms with E-state index in [1.165, 1.54) is 11.4 Å². The van der Waals surface area contributed by atoms with Crippen LogP contribution in [0.4, 0.5) is 17.1 Å². The maximum absolute atomic E-state index is 13.4. The molecule has 0 unspecified atom stereocenters. The minimum absolute atomic E-state index is 0.279. The molecule has 5 nitrogen and oxygen atoms in total. The molecule has 3 aromatic carbocycles. The fraction of sp³-hybridized carbons (Fsp3) is 0.441. The van der Waals surface area contributed by atoms with Gasteiger partial charge < -0.3 is 19.4 Å². The summed E-state index contributed by atoms with van der Waals surface area (Å²) in [5.41, 5.74) is 5.87. The Morgan fingerprint density at radius 3 is 1.41 bits per heavy atom. The minimum Gasteiger partial charge on any atom is -0.441 e. The van der Waals surface area contributed by atoms with Crippen LogP contribution in [0.3, 0.4) is 0 Å². The summed E-state index contributed by atoms with van der Waals surface area (Å²) in [4.78, 5) is 20.3. The van der Waals surface area contributed by atoms with Crippen LogP contribution in [0, 0.1) is 0 Å². The standard InChI is InChI=1S/C34H45N3O2/c1-7-21-36(22-8-2)28-15-11-26(12-16-28)34(27-13-17-29(18-14-27)37(23-9-3)24-10-4)32-20-19-30(35(5)6)25-31(32)33(38)39-34/h11-20,25H,7-10,21-24H2,1-6H3. The van der Waals surface area contributed by atoms with Crippen molar-refractivity contribution in [3.63, 3.8) is 0 Å². The fourth-order valence-corrected chi connectivity index (χ4v) is 5.76. The monoisotopic (exact) mass is 527 g/mol. The Hall–Kier alpha value is -3.47. The summed E-state index contributed by atoms with van der Waals surface area (Å²) in [5, 5.41) is 0. The molecule has 0 aromatic heterocycles. The lowest BCUT2D eigenvalue weighted by Crippen LogP contribution is -2.30. The van der Waals surface area contributed by atoms with Crippen LogP contribution in [0.1, 0.15) is 80.4 Å². The van der Waals surface area contributed by atoms with E-state index < -0.39 is 5.60 Å². The quantitative estimate of drug-likeness (QED) is 0.216. The van der Waals surface area contributed by atoms with Crippen LogP contribution in [-0.2, 0) is 10.3 Å². The minimum atomic E-state index is -0.991. The lowest BCUT2D eigenvalue weighted by Gasteiger charge is -2.32. The molecule has 39 heavy (non-hydrogen) atoms. The van der Waals surface area contributed by atoms with Gasteiger partial charge in [0.05, 0.1) is 5.56 Å². The molecule has 0 N–H and O–H groups in total. The second-order valence-corrected chi connectivity index (χ2v) is 10.8. The Morgan fingerprint density at radius 2 is 1.03 bits per heavy atom. The Kier molecular flexibility index (Phi) is 9.21. The van der Waals surface area contributed by atoms with E-state index in [0.29, 0.717) is 5.56 Å². The largest absolute Gasteiger partial charge is 0.441 e. The first-order valence-electron chi connectivity index (χ1n) is 14.7. The first-order chi connectivity index (χ1) is 18.9. The highest BCUT2D eigenvalue weighted by Crippen LogP contribution is 2.48. The van der Waals surface area contributed by atoms with Gasteiger partial charge in [-0.15, -0.1) is 0 Å². The van der Waals surface area contributed by atoms with Crippen molar-refractivity contribution in [2.45, 2.75) is 59.0 Å². The predicted molar refractivity (Wildman–Crippen MR) is 165 cm³/mol. The zero-order valence-corrected chi connectivity index (χ0v) is 24.7. The maximum Gasteiger partial charge on any atom is 0.340 e. The Bertz CT molecular complexity index is 1160. The zero-order chi connectivity index (χ0) is 28.0. The van der Waals surface area contributed by atoms with E-state index >= 15 is 0 Å². The van der Waals surface area contributed by atoms with Crippen molar-refractivity contribution < 1.29 is 9.53 Å². The maximum atomic E-state index is 13.4. The fourth-order valence-electron chi connectivity index (χ4n) is 5.76. The van der Waals surface area contributed by atoms with Crippen LogP contribution in [0.2, 0.25) is 0 Å². The van der Waals surface area contributed by atoms with E-state index in [0.717, 1.165) is 74.2 Å². The molecule has 5 heteroatoms. The van der Waals surface area contributed by atoms with E-state index in [2.05, 4.69) is 98.2 Å². The van der Waals surface area contributed by atoms with Gasteiger partial charge in [-0.05, 0) is 62.1 Å². The van der Waals surface area contributed by atoms with Crippen molar-refractivity contribution in [3.8, 4) is 0 Å². The number of esters is 1. The average molecular weight is 528 g/mol. The molecule has 0 atom stereocenters. The van der Waals surface area contributed by atoms with Crippen LogP contribution in [0.25, 0.3) is 0 Å². The molecule has 0 amide bonds. The van der Waals surface area contributed by atoms with Gasteiger partial charge in [0.2, 0.25) is 0 Å². The van der Waals surface area contributed by atoms with E-state index in [1.807, 2.05) is 25.1 Å². The predicted octanol–water partition coefficient (Wildman–Crippen LogP) is 7.47. The molecule has 1 aliphatic heterocycles. The number of cyclic esters (lactones) is 1. The summed E-state index contributed by atoms with van der Waals surface area (Å²) < 4.78 is 6.43. The number of carbonyl (C=O) groups excluding carboxylic acids is 1. The topological polar surface area (TPSA) is 36.0 Å². The second-order valence-electron chi connectivity index (χ2n) is 10.8. The summed E-state index contributed by atoms with van der Waals surface area (Å²) in [6.07, 6.45) is 4.41. The lowest BCUT2D eigenvalue weighted by atomic mass is 9.79. The third-order valence-electron chi connectivity index (χ3n) is 7.62. The molecule has 208 valence electrons. The van der Waals surface area contributed by atoms with E-state index in [-0.39, 0.29) is 5.97 Å². The van der Waals surface area contributed by atoms with Gasteiger partial charge in [-0.3, -0.25) is 0 Å². The number of carbonyl (C=O) groups is 1. The molecule has 1 heterocycles. The van der Waals surface area contributed by atoms with Crippen molar-refractivity contribution in [2.24, 2.45) is 0 Å². The van der Waals surface area contributed by atoms with E-state index in [1.54, 1.807) is 0 Å². The number of hydrogen-bond donors (Lipinski definition) is 0. The first-order valence-corrected chi connectivity index (χ1v) is 14.7. The third kappa shape index (κ3) is 5.63. The number of benzene rings is 3. The Balaban J connectivity index is 1.84. The number of nitrogens with zero attached hydrogens (tertiary/aromatic N) is 3. The SMILES string of the molecule is CCCN(CCC)c1ccc(C2(c3ccc(N(CCC)CCC)cc3)OC(=O)c3cc(N(C)C)ccc32)cc1. The van der Waals surface area contributed by atoms with Crippen LogP contribution < -0.4 is 14.7 Å². The van der Waals surface area contributed by atoms with Crippen LogP contribution >= 0.6 is 0 Å². The summed E-state index contributed by atoms with van der Waals surface area (Å²) >= 11 is 0. The van der Waals surface area contributed by atoms with E-state index in [4.69, 9.17) is 4.74 Å². The summed E-state index contributed by atoms with van der Waals surface area (Å²) in [7, 11) is 3.98. The summed E-state index contributed by atoms with van der Waals surface area (Å²) in [5.74, 6) is -0.279. The smallest absolute Gasteiger partial charge is 0.340 e. The van der Waals surface area contributed by atoms with Gasteiger partial charge in [0.25, 0.3) is 0 Å². The van der Waals surface area contributed by atoms with Gasteiger partial charge >= 0.3 is 5.97 Å². The van der Waals surface area contributed by atoms with Crippen LogP contribution in [0.15, 0.2) is 66.7 Å². The number of hydrogen-bond acceptors (Lipinski definition) is 5. The van der Waals surface area contributed by atoms with Gasteiger partial charge in [0.15, 0.2) is 5.60 Å². The number of fused-ring (bicyclic) bond motifs is 1. The second kappa shape index (κ2) is 12.6. The van der Waals surface area contributed by atoms with Gasteiger partial charge in [-0.25, -0.2) is 4.79 Å². The number of ether oxygens (including phenoxy) is 1. The molecule has 0 fully saturated rings. The molecule has 1 aliphatic rings. The Morgan fingerprint density at radius 1 is 0.615 bits per heavy atom. The first kappa shape index (κ1) is 28.5. The molecule has 0 saturated heterocycles. The molecular weight excluding hydrogens is 482 g/mol. The number of anilines is 3. The summed E-state index contributed by atoms with van der Waals surface area (Å²) in [6.45, 7) is 13.0. The molecule has 0 aliphatic carbocycles. The lowest BCUT2D eigenvalue weighted by molar-refractivity contribution is 0.0251. The van der Waals surface area contributed by atoms with Gasteiger partial charge in [-0.1, -0.05) is 58.0 Å². The van der Waals surface area contributed by atoms with Crippen molar-refractivity contribution >= 4 is 23.0 Å². The molecule has 0 spiro atoms. The summed E-state index contributed by atoms with van der Waals surface area (Å²) in [6, 6.07) is 23.4. The van der Waals surface area contributed by atoms with Crippen molar-refractivity contribution in [1.82, 2.24) is 0 Å². The molecule has 0 bridgehead atoms. The molecule has 3 aromatic rings. The average Bonchev–Trinajstić information content (AvgIpc) is 3.25. The number of rotatable bonds is 13. The van der Waals surface area contributed by atoms with E-state index in [9.17, 15) is 4.79 Å². The third-order valence-corrected chi connectivity index (χ3v) is 7.62. The van der Waals surface area contributed by atoms with Crippen molar-refractivity contribution in [3.05, 3.63) is 89.0 Å². The molecule has 4 rings (SSSR count). The highest BCUT2D eigenvalue weighted by Gasteiger charge is 2.48. The zero-order valence-electron chi connectivity index (χ0n) is 24.7. The molecular formula is C34H45N3O2. The van der Waals surface area contributed by atoms with Crippen LogP contribution in [-0.4, -0.2) is 46.2 Å². The van der Waals surface area contributed by atoms with Gasteiger partial charge in [-0.2, -0.15) is 0 Å². The molecule has 0 saturated carbocycles. The van der Waals surface area contributed by atoms with Crippen LogP contribution in [0.5, 0.6) is 0 Å². The highest BCUT2D eigenvalue weighted by atomic mass is 16.6. The Labute approximate surface area is 235 Å². The van der Waals surface area contributed by atoms with Crippen molar-refractivity contribution in [1.29, 1.82) is 0 Å². The van der Waals surface area contributed by atoms with Crippen molar-refractivity contribution in [2.75, 3.05) is 55.0 Å². The molecule has 0 radical (unpaired) electrons. The highest BCUT2D eigenvalue weighted by molar-refractivity contribution is 5.97. The van der Waals surface area contributed by atoms with Gasteiger partial charge in [0.1, 0.15) is 0 Å².